The fraction of sp³-hybridized carbons (Fsp3) is 0.273. The van der Waals surface area contributed by atoms with Gasteiger partial charge in [0.25, 0.3) is 5.91 Å². The van der Waals surface area contributed by atoms with Crippen LogP contribution in [0.3, 0.4) is 0 Å². The van der Waals surface area contributed by atoms with E-state index in [4.69, 9.17) is 4.74 Å². The second-order valence-corrected chi connectivity index (χ2v) is 6.97. The van der Waals surface area contributed by atoms with Crippen molar-refractivity contribution in [2.75, 3.05) is 6.61 Å². The Morgan fingerprint density at radius 1 is 1.18 bits per heavy atom. The van der Waals surface area contributed by atoms with Gasteiger partial charge in [-0.15, -0.1) is 0 Å². The Morgan fingerprint density at radius 2 is 2.00 bits per heavy atom. The predicted molar refractivity (Wildman–Crippen MR) is 104 cm³/mol. The summed E-state index contributed by atoms with van der Waals surface area (Å²) in [5, 5.41) is 3.50. The van der Waals surface area contributed by atoms with Gasteiger partial charge in [0, 0.05) is 29.3 Å². The van der Waals surface area contributed by atoms with E-state index in [1.807, 2.05) is 19.9 Å². The first-order valence-electron chi connectivity index (χ1n) is 9.18. The predicted octanol–water partition coefficient (Wildman–Crippen LogP) is 4.87. The van der Waals surface area contributed by atoms with E-state index in [0.29, 0.717) is 17.9 Å². The van der Waals surface area contributed by atoms with Crippen LogP contribution in [-0.4, -0.2) is 17.5 Å². The van der Waals surface area contributed by atoms with Crippen LogP contribution >= 0.6 is 0 Å². The van der Waals surface area contributed by atoms with Gasteiger partial charge in [-0.2, -0.15) is 0 Å². The number of amides is 1. The molecule has 146 valence electrons. The number of benzene rings is 2. The first kappa shape index (κ1) is 19.7. The maximum Gasteiger partial charge on any atom is 0.251 e. The summed E-state index contributed by atoms with van der Waals surface area (Å²) in [6, 6.07) is 11.2. The lowest BCUT2D eigenvalue weighted by Crippen LogP contribution is -2.23. The highest BCUT2D eigenvalue weighted by atomic mass is 19.1. The Bertz CT molecular complexity index is 989. The normalized spacial score (nSPS) is 11.0. The van der Waals surface area contributed by atoms with Crippen molar-refractivity contribution in [1.82, 2.24) is 10.3 Å². The highest BCUT2D eigenvalue weighted by Gasteiger charge is 2.16. The molecule has 3 rings (SSSR count). The van der Waals surface area contributed by atoms with Crippen LogP contribution in [0.25, 0.3) is 10.9 Å². The molecule has 0 saturated carbocycles. The van der Waals surface area contributed by atoms with Crippen LogP contribution in [0.1, 0.15) is 36.2 Å². The molecule has 28 heavy (non-hydrogen) atoms. The number of aromatic nitrogens is 1. The molecule has 3 aromatic rings. The van der Waals surface area contributed by atoms with Gasteiger partial charge in [-0.05, 0) is 42.7 Å². The number of carbonyl (C=O) groups excluding carboxylic acids is 1. The summed E-state index contributed by atoms with van der Waals surface area (Å²) in [4.78, 5) is 16.6. The number of halogens is 2. The van der Waals surface area contributed by atoms with Crippen molar-refractivity contribution < 1.29 is 18.3 Å². The number of carbonyl (C=O) groups is 1. The topological polar surface area (TPSA) is 51.2 Å². The van der Waals surface area contributed by atoms with E-state index >= 15 is 0 Å². The molecule has 0 unspecified atom stereocenters. The minimum Gasteiger partial charge on any atom is -0.488 e. The zero-order valence-electron chi connectivity index (χ0n) is 15.8. The summed E-state index contributed by atoms with van der Waals surface area (Å²) in [6.07, 6.45) is 2.37. The van der Waals surface area contributed by atoms with Crippen LogP contribution in [0.15, 0.2) is 48.7 Å². The van der Waals surface area contributed by atoms with E-state index in [-0.39, 0.29) is 24.6 Å². The number of hydrogen-bond donors (Lipinski definition) is 1. The summed E-state index contributed by atoms with van der Waals surface area (Å²) in [6.45, 7) is 4.17. The number of ether oxygens (including phenoxy) is 1. The number of hydrogen-bond acceptors (Lipinski definition) is 3. The molecule has 1 aromatic heterocycles. The van der Waals surface area contributed by atoms with Crippen molar-refractivity contribution in [3.63, 3.8) is 0 Å². The van der Waals surface area contributed by atoms with E-state index in [9.17, 15) is 13.6 Å². The van der Waals surface area contributed by atoms with Crippen LogP contribution in [-0.2, 0) is 6.54 Å². The van der Waals surface area contributed by atoms with Gasteiger partial charge in [-0.1, -0.05) is 26.0 Å². The Balaban J connectivity index is 1.70. The second-order valence-electron chi connectivity index (χ2n) is 6.97. The average molecular weight is 384 g/mol. The Kier molecular flexibility index (Phi) is 6.19. The third-order valence-corrected chi connectivity index (χ3v) is 4.38. The van der Waals surface area contributed by atoms with Gasteiger partial charge in [0.1, 0.15) is 0 Å². The van der Waals surface area contributed by atoms with Gasteiger partial charge < -0.3 is 10.1 Å². The van der Waals surface area contributed by atoms with E-state index in [0.717, 1.165) is 17.0 Å². The lowest BCUT2D eigenvalue weighted by molar-refractivity contribution is 0.0950. The molecular formula is C22H22F2N2O2. The average Bonchev–Trinajstić information content (AvgIpc) is 2.69. The van der Waals surface area contributed by atoms with Crippen LogP contribution in [0.4, 0.5) is 8.78 Å². The first-order valence-corrected chi connectivity index (χ1v) is 9.18. The largest absolute Gasteiger partial charge is 0.488 e. The van der Waals surface area contributed by atoms with Crippen LogP contribution in [0.5, 0.6) is 5.75 Å². The molecule has 0 fully saturated rings. The third-order valence-electron chi connectivity index (χ3n) is 4.38. The Labute approximate surface area is 162 Å². The van der Waals surface area contributed by atoms with Crippen molar-refractivity contribution in [1.29, 1.82) is 0 Å². The molecular weight excluding hydrogens is 362 g/mol. The molecule has 0 aliphatic carbocycles. The zero-order valence-corrected chi connectivity index (χ0v) is 15.8. The summed E-state index contributed by atoms with van der Waals surface area (Å²) in [5.41, 5.74) is 1.39. The maximum absolute atomic E-state index is 14.6. The van der Waals surface area contributed by atoms with Crippen molar-refractivity contribution in [3.05, 3.63) is 71.4 Å². The number of nitrogens with one attached hydrogen (secondary N) is 1. The van der Waals surface area contributed by atoms with Gasteiger partial charge >= 0.3 is 0 Å². The second kappa shape index (κ2) is 8.78. The molecule has 1 heterocycles. The van der Waals surface area contributed by atoms with Gasteiger partial charge in [0.2, 0.25) is 0 Å². The van der Waals surface area contributed by atoms with Crippen LogP contribution in [0, 0.1) is 17.6 Å². The molecule has 0 spiro atoms. The van der Waals surface area contributed by atoms with Crippen molar-refractivity contribution in [2.24, 2.45) is 5.92 Å². The Hall–Kier alpha value is -3.02. The van der Waals surface area contributed by atoms with Crippen LogP contribution in [0.2, 0.25) is 0 Å². The molecule has 4 nitrogen and oxygen atoms in total. The minimum absolute atomic E-state index is 0.0729. The minimum atomic E-state index is -0.785. The third kappa shape index (κ3) is 4.63. The molecule has 0 radical (unpaired) electrons. The molecule has 6 heteroatoms. The molecule has 0 aliphatic heterocycles. The van der Waals surface area contributed by atoms with Crippen molar-refractivity contribution >= 4 is 16.8 Å². The summed E-state index contributed by atoms with van der Waals surface area (Å²) >= 11 is 0. The maximum atomic E-state index is 14.6. The highest BCUT2D eigenvalue weighted by Crippen LogP contribution is 2.25. The first-order chi connectivity index (χ1) is 13.5. The van der Waals surface area contributed by atoms with Gasteiger partial charge in [0.15, 0.2) is 17.4 Å². The lowest BCUT2D eigenvalue weighted by Gasteiger charge is -2.13. The molecule has 2 aromatic carbocycles. The van der Waals surface area contributed by atoms with E-state index < -0.39 is 17.4 Å². The van der Waals surface area contributed by atoms with Crippen molar-refractivity contribution in [3.8, 4) is 5.75 Å². The van der Waals surface area contributed by atoms with E-state index in [2.05, 4.69) is 10.3 Å². The summed E-state index contributed by atoms with van der Waals surface area (Å²) in [5.74, 6) is -1.92. The molecule has 1 amide bonds. The Morgan fingerprint density at radius 3 is 2.79 bits per heavy atom. The van der Waals surface area contributed by atoms with Crippen molar-refractivity contribution in [2.45, 2.75) is 26.8 Å². The molecule has 1 N–H and O–H groups in total. The number of nitrogens with zero attached hydrogens (tertiary/aromatic N) is 1. The smallest absolute Gasteiger partial charge is 0.251 e. The van der Waals surface area contributed by atoms with Gasteiger partial charge in [-0.25, -0.2) is 8.78 Å². The van der Waals surface area contributed by atoms with Gasteiger partial charge in [-0.3, -0.25) is 9.78 Å². The number of rotatable bonds is 7. The standard InChI is InChI=1S/C22H22F2N2O2/c1-14(2)9-11-28-21-18(23)7-5-17(20(21)24)13-26-22(27)16-6-8-19-15(12-16)4-3-10-25-19/h3-8,10,12,14H,9,11,13H2,1-2H3,(H,26,27). The molecule has 0 bridgehead atoms. The summed E-state index contributed by atoms with van der Waals surface area (Å²) < 4.78 is 33.8. The number of pyridine rings is 1. The zero-order chi connectivity index (χ0) is 20.1. The fourth-order valence-electron chi connectivity index (χ4n) is 2.73. The fourth-order valence-corrected chi connectivity index (χ4v) is 2.73. The molecule has 0 aliphatic rings. The molecule has 0 saturated heterocycles. The van der Waals surface area contributed by atoms with E-state index in [1.54, 1.807) is 30.5 Å². The van der Waals surface area contributed by atoms with Crippen LogP contribution < -0.4 is 10.1 Å². The van der Waals surface area contributed by atoms with E-state index in [1.165, 1.54) is 6.07 Å². The highest BCUT2D eigenvalue weighted by molar-refractivity contribution is 5.97. The SMILES string of the molecule is CC(C)CCOc1c(F)ccc(CNC(=O)c2ccc3ncccc3c2)c1F. The monoisotopic (exact) mass is 384 g/mol. The quantitative estimate of drug-likeness (QED) is 0.632. The lowest BCUT2D eigenvalue weighted by atomic mass is 10.1. The molecule has 0 atom stereocenters. The van der Waals surface area contributed by atoms with Gasteiger partial charge in [0.05, 0.1) is 12.1 Å². The number of fused-ring (bicyclic) bond motifs is 1. The summed E-state index contributed by atoms with van der Waals surface area (Å²) in [7, 11) is 0.